The highest BCUT2D eigenvalue weighted by atomic mass is 35.5. The lowest BCUT2D eigenvalue weighted by Crippen LogP contribution is -2.33. The quantitative estimate of drug-likeness (QED) is 0.292. The van der Waals surface area contributed by atoms with E-state index in [2.05, 4.69) is 9.97 Å². The third-order valence-electron chi connectivity index (χ3n) is 3.86. The van der Waals surface area contributed by atoms with Crippen molar-refractivity contribution in [2.24, 2.45) is 0 Å². The molecule has 0 aliphatic heterocycles. The van der Waals surface area contributed by atoms with Crippen LogP contribution in [0.5, 0.6) is 0 Å². The molecule has 7 nitrogen and oxygen atoms in total. The van der Waals surface area contributed by atoms with E-state index in [1.807, 2.05) is 13.8 Å². The Bertz CT molecular complexity index is 1030. The number of carbonyl (C=O) groups excluding carboxylic acids is 1. The summed E-state index contributed by atoms with van der Waals surface area (Å²) in [6, 6.07) is 10.1. The second-order valence-electron chi connectivity index (χ2n) is 7.03. The zero-order valence-electron chi connectivity index (χ0n) is 19.0. The number of aliphatic hydroxyl groups is 1. The predicted molar refractivity (Wildman–Crippen MR) is 129 cm³/mol. The van der Waals surface area contributed by atoms with Crippen molar-refractivity contribution in [1.29, 1.82) is 0 Å². The van der Waals surface area contributed by atoms with Crippen molar-refractivity contribution >= 4 is 40.8 Å². The van der Waals surface area contributed by atoms with Gasteiger partial charge in [0.2, 0.25) is 0 Å². The van der Waals surface area contributed by atoms with Crippen molar-refractivity contribution < 1.29 is 19.4 Å². The van der Waals surface area contributed by atoms with Crippen molar-refractivity contribution in [3.05, 3.63) is 90.8 Å². The Kier molecular flexibility index (Phi) is 12.1. The van der Waals surface area contributed by atoms with E-state index in [4.69, 9.17) is 44.6 Å². The van der Waals surface area contributed by atoms with Gasteiger partial charge in [-0.3, -0.25) is 14.8 Å². The summed E-state index contributed by atoms with van der Waals surface area (Å²) in [5.74, 6) is -0.320. The van der Waals surface area contributed by atoms with E-state index in [0.29, 0.717) is 37.8 Å². The Labute approximate surface area is 208 Å². The number of pyridine rings is 3. The van der Waals surface area contributed by atoms with Crippen LogP contribution in [0.3, 0.4) is 0 Å². The van der Waals surface area contributed by atoms with Crippen molar-refractivity contribution in [1.82, 2.24) is 9.97 Å². The SMILES string of the molecule is CC(=O)OCc1cc(Cl)cc(C)n1.Cc1cc(Cl)cc(C)[n+]1[O-].Cc1cc(Cl)cc(CO)n1. The lowest BCUT2D eigenvalue weighted by Gasteiger charge is -2.02. The van der Waals surface area contributed by atoms with Gasteiger partial charge in [0.05, 0.1) is 23.0 Å². The Balaban J connectivity index is 0.000000251. The van der Waals surface area contributed by atoms with Crippen molar-refractivity contribution in [2.75, 3.05) is 0 Å². The molecule has 0 saturated carbocycles. The maximum Gasteiger partial charge on any atom is 0.303 e. The molecule has 0 fully saturated rings. The molecule has 3 aromatic heterocycles. The fraction of sp³-hybridized carbons (Fsp3) is 0.304. The molecule has 10 heteroatoms. The van der Waals surface area contributed by atoms with Crippen LogP contribution in [-0.4, -0.2) is 21.0 Å². The van der Waals surface area contributed by atoms with Crippen LogP contribution in [0, 0.1) is 32.9 Å². The molecule has 0 spiro atoms. The van der Waals surface area contributed by atoms with Crippen molar-refractivity contribution in [3.8, 4) is 0 Å². The molecular formula is C23H26Cl3N3O4. The molecule has 0 bridgehead atoms. The average Bonchev–Trinajstić information content (AvgIpc) is 2.70. The molecule has 0 amide bonds. The average molecular weight is 515 g/mol. The molecule has 0 aromatic carbocycles. The number of aromatic nitrogens is 3. The van der Waals surface area contributed by atoms with Crippen LogP contribution in [-0.2, 0) is 22.7 Å². The molecule has 1 N–H and O–H groups in total. The van der Waals surface area contributed by atoms with Crippen LogP contribution in [0.2, 0.25) is 15.1 Å². The van der Waals surface area contributed by atoms with E-state index < -0.39 is 0 Å². The smallest absolute Gasteiger partial charge is 0.303 e. The van der Waals surface area contributed by atoms with Crippen LogP contribution < -0.4 is 4.73 Å². The Morgan fingerprint density at radius 1 is 0.879 bits per heavy atom. The highest BCUT2D eigenvalue weighted by Crippen LogP contribution is 2.12. The lowest BCUT2D eigenvalue weighted by atomic mass is 10.3. The summed E-state index contributed by atoms with van der Waals surface area (Å²) in [6.45, 7) is 8.61. The third-order valence-corrected chi connectivity index (χ3v) is 4.52. The van der Waals surface area contributed by atoms with Crippen molar-refractivity contribution in [2.45, 2.75) is 47.8 Å². The molecule has 0 radical (unpaired) electrons. The van der Waals surface area contributed by atoms with E-state index in [-0.39, 0.29) is 19.2 Å². The molecule has 0 saturated heterocycles. The van der Waals surface area contributed by atoms with Gasteiger partial charge in [0.25, 0.3) is 0 Å². The number of esters is 1. The van der Waals surface area contributed by atoms with Gasteiger partial charge in [-0.15, -0.1) is 0 Å². The summed E-state index contributed by atoms with van der Waals surface area (Å²) in [5, 5.41) is 21.5. The van der Waals surface area contributed by atoms with Crippen LogP contribution in [0.1, 0.15) is 41.1 Å². The first-order valence-electron chi connectivity index (χ1n) is 9.78. The van der Waals surface area contributed by atoms with Gasteiger partial charge < -0.3 is 15.1 Å². The van der Waals surface area contributed by atoms with Gasteiger partial charge in [-0.25, -0.2) is 0 Å². The van der Waals surface area contributed by atoms with Gasteiger partial charge in [-0.1, -0.05) is 34.8 Å². The summed E-state index contributed by atoms with van der Waals surface area (Å²) < 4.78 is 5.63. The first-order chi connectivity index (χ1) is 15.4. The number of hydrogen-bond donors (Lipinski definition) is 1. The molecular weight excluding hydrogens is 489 g/mol. The first kappa shape index (κ1) is 28.6. The van der Waals surface area contributed by atoms with Crippen LogP contribution in [0.4, 0.5) is 0 Å². The number of ether oxygens (including phenoxy) is 1. The number of aryl methyl sites for hydroxylation is 4. The summed E-state index contributed by atoms with van der Waals surface area (Å²) in [4.78, 5) is 18.7. The summed E-state index contributed by atoms with van der Waals surface area (Å²) in [7, 11) is 0. The van der Waals surface area contributed by atoms with Crippen LogP contribution in [0.15, 0.2) is 36.4 Å². The first-order valence-corrected chi connectivity index (χ1v) is 10.9. The molecule has 3 heterocycles. The minimum atomic E-state index is -0.320. The molecule has 33 heavy (non-hydrogen) atoms. The maximum absolute atomic E-state index is 11.0. The largest absolute Gasteiger partial charge is 0.618 e. The Morgan fingerprint density at radius 3 is 1.73 bits per heavy atom. The summed E-state index contributed by atoms with van der Waals surface area (Å²) in [6.07, 6.45) is 0. The molecule has 0 aliphatic carbocycles. The number of halogens is 3. The lowest BCUT2D eigenvalue weighted by molar-refractivity contribution is -0.619. The molecule has 3 rings (SSSR count). The monoisotopic (exact) mass is 513 g/mol. The van der Waals surface area contributed by atoms with E-state index in [1.54, 1.807) is 50.2 Å². The Morgan fingerprint density at radius 2 is 1.30 bits per heavy atom. The standard InChI is InChI=1S/C9H10ClNO2.2C7H8ClNO/c1-6-3-8(10)4-9(11-6)5-13-7(2)12;1-5-3-7(8)4-6(2)9(5)10;1-5-2-6(8)3-7(4-10)9-5/h3-4H,5H2,1-2H3;3-4H,1-2H3;2-3,10H,4H2,1H3. The van der Waals surface area contributed by atoms with Gasteiger partial charge in [-0.2, -0.15) is 4.73 Å². The molecule has 3 aromatic rings. The zero-order chi connectivity index (χ0) is 25.1. The summed E-state index contributed by atoms with van der Waals surface area (Å²) in [5.41, 5.74) is 4.19. The predicted octanol–water partition coefficient (Wildman–Crippen LogP) is 5.23. The Hall–Kier alpha value is -2.45. The highest BCUT2D eigenvalue weighted by Gasteiger charge is 2.03. The maximum atomic E-state index is 11.0. The number of carbonyl (C=O) groups is 1. The van der Waals surface area contributed by atoms with Gasteiger partial charge in [-0.05, 0) is 38.1 Å². The second-order valence-corrected chi connectivity index (χ2v) is 8.33. The van der Waals surface area contributed by atoms with E-state index >= 15 is 0 Å². The number of hydrogen-bond acceptors (Lipinski definition) is 6. The van der Waals surface area contributed by atoms with E-state index in [9.17, 15) is 10.0 Å². The van der Waals surface area contributed by atoms with Gasteiger partial charge >= 0.3 is 5.97 Å². The van der Waals surface area contributed by atoms with E-state index in [1.165, 1.54) is 6.92 Å². The normalized spacial score (nSPS) is 9.85. The van der Waals surface area contributed by atoms with Gasteiger partial charge in [0.15, 0.2) is 11.4 Å². The van der Waals surface area contributed by atoms with E-state index in [0.717, 1.165) is 16.1 Å². The minimum absolute atomic E-state index is 0.0542. The van der Waals surface area contributed by atoms with Gasteiger partial charge in [0.1, 0.15) is 6.61 Å². The fourth-order valence-corrected chi connectivity index (χ4v) is 3.43. The molecule has 178 valence electrons. The number of aliphatic hydroxyl groups excluding tert-OH is 1. The summed E-state index contributed by atoms with van der Waals surface area (Å²) >= 11 is 17.1. The molecule has 0 unspecified atom stereocenters. The molecule has 0 atom stereocenters. The number of nitrogens with zero attached hydrogens (tertiary/aromatic N) is 3. The van der Waals surface area contributed by atoms with Gasteiger partial charge in [0, 0.05) is 54.3 Å². The van der Waals surface area contributed by atoms with Crippen molar-refractivity contribution in [3.63, 3.8) is 0 Å². The second kappa shape index (κ2) is 14.0. The third kappa shape index (κ3) is 11.3. The molecule has 0 aliphatic rings. The van der Waals surface area contributed by atoms with Crippen LogP contribution >= 0.6 is 34.8 Å². The minimum Gasteiger partial charge on any atom is -0.618 e. The number of rotatable bonds is 3. The fourth-order valence-electron chi connectivity index (χ4n) is 2.55. The zero-order valence-corrected chi connectivity index (χ0v) is 21.3. The highest BCUT2D eigenvalue weighted by molar-refractivity contribution is 6.31. The topological polar surface area (TPSA) is 99.2 Å². The van der Waals surface area contributed by atoms with Crippen LogP contribution in [0.25, 0.3) is 0 Å².